The summed E-state index contributed by atoms with van der Waals surface area (Å²) in [4.78, 5) is 14.4. The molecule has 5 heteroatoms. The predicted molar refractivity (Wildman–Crippen MR) is 83.2 cm³/mol. The maximum absolute atomic E-state index is 12.5. The van der Waals surface area contributed by atoms with E-state index in [9.17, 15) is 4.79 Å². The fraction of sp³-hybridized carbons (Fsp3) is 0.533. The van der Waals surface area contributed by atoms with E-state index in [1.54, 1.807) is 6.07 Å². The molecular formula is C15H20Cl2N2O. The number of rotatable bonds is 4. The normalized spacial score (nSPS) is 18.9. The van der Waals surface area contributed by atoms with Gasteiger partial charge >= 0.3 is 0 Å². The van der Waals surface area contributed by atoms with Crippen LogP contribution in [0.2, 0.25) is 10.0 Å². The molecule has 0 bridgehead atoms. The van der Waals surface area contributed by atoms with Gasteiger partial charge in [-0.15, -0.1) is 0 Å². The Hall–Kier alpha value is -0.770. The van der Waals surface area contributed by atoms with Crippen molar-refractivity contribution in [3.63, 3.8) is 0 Å². The fourth-order valence-electron chi connectivity index (χ4n) is 2.49. The molecular weight excluding hydrogens is 295 g/mol. The first-order valence-electron chi connectivity index (χ1n) is 7.08. The average molecular weight is 315 g/mol. The maximum Gasteiger partial charge on any atom is 0.239 e. The van der Waals surface area contributed by atoms with Crippen molar-refractivity contribution in [3.8, 4) is 0 Å². The van der Waals surface area contributed by atoms with Gasteiger partial charge in [-0.25, -0.2) is 0 Å². The van der Waals surface area contributed by atoms with E-state index in [4.69, 9.17) is 23.2 Å². The molecule has 1 aliphatic rings. The Balaban J connectivity index is 2.03. The zero-order valence-electron chi connectivity index (χ0n) is 11.7. The lowest BCUT2D eigenvalue weighted by Gasteiger charge is -2.29. The van der Waals surface area contributed by atoms with Crippen LogP contribution < -0.4 is 5.32 Å². The lowest BCUT2D eigenvalue weighted by Crippen LogP contribution is -2.48. The van der Waals surface area contributed by atoms with E-state index in [1.165, 1.54) is 0 Å². The molecule has 0 unspecified atom stereocenters. The smallest absolute Gasteiger partial charge is 0.239 e. The van der Waals surface area contributed by atoms with Gasteiger partial charge in [0.05, 0.1) is 16.1 Å². The Morgan fingerprint density at radius 3 is 2.75 bits per heavy atom. The Morgan fingerprint density at radius 1 is 1.35 bits per heavy atom. The summed E-state index contributed by atoms with van der Waals surface area (Å²) < 4.78 is 0. The molecule has 0 radical (unpaired) electrons. The number of likely N-dealkylation sites (N-methyl/N-ethyl adjacent to an activating group) is 1. The summed E-state index contributed by atoms with van der Waals surface area (Å²) >= 11 is 11.9. The fourth-order valence-corrected chi connectivity index (χ4v) is 2.81. The van der Waals surface area contributed by atoms with Gasteiger partial charge in [-0.1, -0.05) is 35.7 Å². The number of carbonyl (C=O) groups excluding carboxylic acids is 1. The molecule has 0 aromatic heterocycles. The first-order chi connectivity index (χ1) is 9.61. The molecule has 1 atom stereocenters. The van der Waals surface area contributed by atoms with Crippen LogP contribution in [0.5, 0.6) is 0 Å². The van der Waals surface area contributed by atoms with Crippen molar-refractivity contribution in [3.05, 3.63) is 33.8 Å². The number of piperidine rings is 1. The highest BCUT2D eigenvalue weighted by Crippen LogP contribution is 2.23. The summed E-state index contributed by atoms with van der Waals surface area (Å²) in [6, 6.07) is 5.48. The number of amides is 1. The third-order valence-electron chi connectivity index (χ3n) is 3.66. The molecule has 1 N–H and O–H groups in total. The third kappa shape index (κ3) is 3.87. The zero-order chi connectivity index (χ0) is 14.5. The lowest BCUT2D eigenvalue weighted by atomic mass is 10.0. The molecule has 1 saturated heterocycles. The number of hydrogen-bond donors (Lipinski definition) is 1. The van der Waals surface area contributed by atoms with Crippen molar-refractivity contribution in [2.24, 2.45) is 0 Å². The van der Waals surface area contributed by atoms with Crippen molar-refractivity contribution >= 4 is 29.1 Å². The van der Waals surface area contributed by atoms with Crippen LogP contribution in [0.25, 0.3) is 0 Å². The molecule has 1 fully saturated rings. The topological polar surface area (TPSA) is 32.3 Å². The SMILES string of the molecule is CCN(Cc1ccc(Cl)c(Cl)c1)C(=O)[C@@H]1CCCCN1. The Bertz CT molecular complexity index is 473. The second-order valence-corrected chi connectivity index (χ2v) is 5.92. The van der Waals surface area contributed by atoms with Crippen molar-refractivity contribution in [2.75, 3.05) is 13.1 Å². The summed E-state index contributed by atoms with van der Waals surface area (Å²) in [6.45, 7) is 4.20. The van der Waals surface area contributed by atoms with Gasteiger partial charge in [0.15, 0.2) is 0 Å². The minimum Gasteiger partial charge on any atom is -0.337 e. The van der Waals surface area contributed by atoms with Crippen molar-refractivity contribution < 1.29 is 4.79 Å². The van der Waals surface area contributed by atoms with Crippen LogP contribution in [-0.2, 0) is 11.3 Å². The van der Waals surface area contributed by atoms with Gasteiger partial charge in [-0.2, -0.15) is 0 Å². The molecule has 110 valence electrons. The van der Waals surface area contributed by atoms with E-state index >= 15 is 0 Å². The van der Waals surface area contributed by atoms with Gasteiger partial charge in [0.1, 0.15) is 0 Å². The van der Waals surface area contributed by atoms with E-state index < -0.39 is 0 Å². The van der Waals surface area contributed by atoms with Gasteiger partial charge in [0, 0.05) is 13.1 Å². The van der Waals surface area contributed by atoms with Gasteiger partial charge in [0.2, 0.25) is 5.91 Å². The van der Waals surface area contributed by atoms with Crippen LogP contribution in [0.15, 0.2) is 18.2 Å². The summed E-state index contributed by atoms with van der Waals surface area (Å²) in [6.07, 6.45) is 3.20. The molecule has 0 spiro atoms. The van der Waals surface area contributed by atoms with Gasteiger partial charge < -0.3 is 10.2 Å². The minimum absolute atomic E-state index is 0.0357. The molecule has 20 heavy (non-hydrogen) atoms. The third-order valence-corrected chi connectivity index (χ3v) is 4.40. The minimum atomic E-state index is -0.0357. The predicted octanol–water partition coefficient (Wildman–Crippen LogP) is 3.48. The molecule has 1 aliphatic heterocycles. The lowest BCUT2D eigenvalue weighted by molar-refractivity contribution is -0.134. The van der Waals surface area contributed by atoms with E-state index in [0.29, 0.717) is 23.1 Å². The summed E-state index contributed by atoms with van der Waals surface area (Å²) in [5.41, 5.74) is 1.01. The number of benzene rings is 1. The first kappa shape index (κ1) is 15.6. The number of carbonyl (C=O) groups is 1. The van der Waals surface area contributed by atoms with Crippen LogP contribution in [0, 0.1) is 0 Å². The summed E-state index contributed by atoms with van der Waals surface area (Å²) in [7, 11) is 0. The van der Waals surface area contributed by atoms with Crippen molar-refractivity contribution in [1.82, 2.24) is 10.2 Å². The highest BCUT2D eigenvalue weighted by Gasteiger charge is 2.24. The first-order valence-corrected chi connectivity index (χ1v) is 7.83. The molecule has 1 heterocycles. The molecule has 0 aliphatic carbocycles. The highest BCUT2D eigenvalue weighted by molar-refractivity contribution is 6.42. The highest BCUT2D eigenvalue weighted by atomic mass is 35.5. The largest absolute Gasteiger partial charge is 0.337 e. The number of halogens is 2. The van der Waals surface area contributed by atoms with E-state index in [1.807, 2.05) is 24.0 Å². The Morgan fingerprint density at radius 2 is 2.15 bits per heavy atom. The molecule has 1 aromatic carbocycles. The van der Waals surface area contributed by atoms with Crippen LogP contribution in [0.3, 0.4) is 0 Å². The number of hydrogen-bond acceptors (Lipinski definition) is 2. The van der Waals surface area contributed by atoms with E-state index in [-0.39, 0.29) is 11.9 Å². The monoisotopic (exact) mass is 314 g/mol. The summed E-state index contributed by atoms with van der Waals surface area (Å²) in [5, 5.41) is 4.37. The molecule has 3 nitrogen and oxygen atoms in total. The van der Waals surface area contributed by atoms with Gasteiger partial charge in [0.25, 0.3) is 0 Å². The van der Waals surface area contributed by atoms with Gasteiger partial charge in [-0.05, 0) is 44.0 Å². The van der Waals surface area contributed by atoms with Crippen LogP contribution in [-0.4, -0.2) is 29.9 Å². The zero-order valence-corrected chi connectivity index (χ0v) is 13.2. The Labute approximate surface area is 130 Å². The van der Waals surface area contributed by atoms with Gasteiger partial charge in [-0.3, -0.25) is 4.79 Å². The number of nitrogens with one attached hydrogen (secondary N) is 1. The second kappa shape index (κ2) is 7.30. The second-order valence-electron chi connectivity index (χ2n) is 5.10. The molecule has 0 saturated carbocycles. The van der Waals surface area contributed by atoms with Crippen molar-refractivity contribution in [2.45, 2.75) is 38.8 Å². The maximum atomic E-state index is 12.5. The number of nitrogens with zero attached hydrogens (tertiary/aromatic N) is 1. The Kier molecular flexibility index (Phi) is 5.70. The van der Waals surface area contributed by atoms with Crippen LogP contribution in [0.1, 0.15) is 31.7 Å². The summed E-state index contributed by atoms with van der Waals surface area (Å²) in [5.74, 6) is 0.179. The van der Waals surface area contributed by atoms with E-state index in [0.717, 1.165) is 31.4 Å². The standard InChI is InChI=1S/C15H20Cl2N2O/c1-2-19(15(20)14-5-3-4-8-18-14)10-11-6-7-12(16)13(17)9-11/h6-7,9,14,18H,2-5,8,10H2,1H3/t14-/m0/s1. The average Bonchev–Trinajstić information content (AvgIpc) is 2.48. The van der Waals surface area contributed by atoms with Crippen molar-refractivity contribution in [1.29, 1.82) is 0 Å². The van der Waals surface area contributed by atoms with Crippen LogP contribution in [0.4, 0.5) is 0 Å². The molecule has 1 aromatic rings. The molecule has 2 rings (SSSR count). The quantitative estimate of drug-likeness (QED) is 0.922. The van der Waals surface area contributed by atoms with E-state index in [2.05, 4.69) is 5.32 Å². The van der Waals surface area contributed by atoms with Crippen LogP contribution >= 0.6 is 23.2 Å². The molecule has 1 amide bonds.